The van der Waals surface area contributed by atoms with Crippen LogP contribution in [0.25, 0.3) is 27.9 Å². The number of hydrogen-bond acceptors (Lipinski definition) is 7. The van der Waals surface area contributed by atoms with Crippen molar-refractivity contribution >= 4 is 49.9 Å². The summed E-state index contributed by atoms with van der Waals surface area (Å²) in [4.78, 5) is 37.0. The van der Waals surface area contributed by atoms with Crippen molar-refractivity contribution in [1.29, 1.82) is 0 Å². The third kappa shape index (κ3) is 5.26. The summed E-state index contributed by atoms with van der Waals surface area (Å²) in [6.07, 6.45) is 1.60. The van der Waals surface area contributed by atoms with Gasteiger partial charge in [-0.15, -0.1) is 0 Å². The zero-order chi connectivity index (χ0) is 30.3. The largest absolute Gasteiger partial charge is 0.462 e. The lowest BCUT2D eigenvalue weighted by Gasteiger charge is -2.16. The zero-order valence-electron chi connectivity index (χ0n) is 24.1. The molecule has 0 spiro atoms. The highest BCUT2D eigenvalue weighted by molar-refractivity contribution is 7.89. The molecule has 1 fully saturated rings. The number of nitrogens with zero attached hydrogens (tertiary/aromatic N) is 4. The Morgan fingerprint density at radius 1 is 0.907 bits per heavy atom. The number of rotatable bonds is 7. The van der Waals surface area contributed by atoms with E-state index in [1.807, 2.05) is 50.2 Å². The lowest BCUT2D eigenvalue weighted by Crippen LogP contribution is -2.28. The van der Waals surface area contributed by atoms with Crippen molar-refractivity contribution in [3.63, 3.8) is 0 Å². The third-order valence-corrected chi connectivity index (χ3v) is 9.33. The molecule has 2 aromatic heterocycles. The maximum atomic E-state index is 13.8. The van der Waals surface area contributed by atoms with Crippen molar-refractivity contribution in [2.24, 2.45) is 0 Å². The topological polar surface area (TPSA) is 123 Å². The summed E-state index contributed by atoms with van der Waals surface area (Å²) in [6.45, 7) is 6.63. The van der Waals surface area contributed by atoms with E-state index in [1.165, 1.54) is 22.5 Å². The molecule has 1 saturated heterocycles. The Morgan fingerprint density at radius 3 is 2.26 bits per heavy atom. The monoisotopic (exact) mass is 597 g/mol. The number of carbonyl (C=O) groups is 2. The lowest BCUT2D eigenvalue weighted by molar-refractivity contribution is 0.0529. The van der Waals surface area contributed by atoms with Gasteiger partial charge in [-0.3, -0.25) is 9.36 Å². The van der Waals surface area contributed by atoms with Crippen LogP contribution < -0.4 is 5.32 Å². The summed E-state index contributed by atoms with van der Waals surface area (Å²) in [5.41, 5.74) is 4.64. The van der Waals surface area contributed by atoms with Gasteiger partial charge in [0.15, 0.2) is 5.65 Å². The molecule has 1 aliphatic heterocycles. The van der Waals surface area contributed by atoms with Crippen LogP contribution in [0.15, 0.2) is 71.6 Å². The number of amides is 1. The Bertz CT molecular complexity index is 1990. The van der Waals surface area contributed by atoms with Crippen LogP contribution in [0.5, 0.6) is 0 Å². The molecule has 1 N–H and O–H groups in total. The molecule has 1 aliphatic rings. The first kappa shape index (κ1) is 28.5. The highest BCUT2D eigenvalue weighted by Crippen LogP contribution is 2.35. The van der Waals surface area contributed by atoms with E-state index >= 15 is 0 Å². The van der Waals surface area contributed by atoms with Crippen LogP contribution >= 0.6 is 0 Å². The molecule has 3 aromatic carbocycles. The van der Waals surface area contributed by atoms with Crippen LogP contribution in [0.2, 0.25) is 0 Å². The van der Waals surface area contributed by atoms with Crippen molar-refractivity contribution in [3.05, 3.63) is 89.0 Å². The molecule has 220 valence electrons. The first-order chi connectivity index (χ1) is 20.7. The molecule has 10 nitrogen and oxygen atoms in total. The minimum atomic E-state index is -3.75. The van der Waals surface area contributed by atoms with Crippen molar-refractivity contribution in [2.45, 2.75) is 38.5 Å². The quantitative estimate of drug-likeness (QED) is 0.249. The average Bonchev–Trinajstić information content (AvgIpc) is 3.63. The van der Waals surface area contributed by atoms with Gasteiger partial charge in [-0.1, -0.05) is 24.3 Å². The van der Waals surface area contributed by atoms with E-state index in [0.29, 0.717) is 35.5 Å². The standard InChI is InChI=1S/C32H31N5O5S/c1-4-42-32(39)27-28-30(34-26-13-6-5-12-25(26)33-28)37(23-17-20(2)16-21(3)18-23)29(27)35-31(38)22-10-9-11-24(19-22)43(40,41)36-14-7-8-15-36/h5-6,9-13,16-19H,4,7-8,14-15H2,1-3H3,(H,35,38). The molecule has 0 radical (unpaired) electrons. The minimum absolute atomic E-state index is 0.0390. The Kier molecular flexibility index (Phi) is 7.45. The highest BCUT2D eigenvalue weighted by Gasteiger charge is 2.31. The molecular formula is C32H31N5O5S. The number of aryl methyl sites for hydroxylation is 2. The van der Waals surface area contributed by atoms with Crippen LogP contribution in [-0.4, -0.2) is 58.8 Å². The number of esters is 1. The normalized spacial score (nSPS) is 13.9. The number of nitrogens with one attached hydrogen (secondary N) is 1. The number of fused-ring (bicyclic) bond motifs is 2. The number of aromatic nitrogens is 3. The van der Waals surface area contributed by atoms with Crippen molar-refractivity contribution in [3.8, 4) is 5.69 Å². The van der Waals surface area contributed by atoms with Crippen LogP contribution in [0.1, 0.15) is 51.6 Å². The Morgan fingerprint density at radius 2 is 1.58 bits per heavy atom. The summed E-state index contributed by atoms with van der Waals surface area (Å²) in [5.74, 6) is -1.13. The van der Waals surface area contributed by atoms with Crippen molar-refractivity contribution in [1.82, 2.24) is 18.8 Å². The molecule has 0 aliphatic carbocycles. The van der Waals surface area contributed by atoms with E-state index in [2.05, 4.69) is 5.32 Å². The summed E-state index contributed by atoms with van der Waals surface area (Å²) in [5, 5.41) is 2.90. The number of sulfonamides is 1. The van der Waals surface area contributed by atoms with Gasteiger partial charge in [-0.05, 0) is 87.2 Å². The van der Waals surface area contributed by atoms with E-state index < -0.39 is 21.9 Å². The molecular weight excluding hydrogens is 566 g/mol. The molecule has 0 saturated carbocycles. The van der Waals surface area contributed by atoms with Gasteiger partial charge in [0.25, 0.3) is 5.91 Å². The first-order valence-electron chi connectivity index (χ1n) is 14.2. The summed E-state index contributed by atoms with van der Waals surface area (Å²) >= 11 is 0. The molecule has 5 aromatic rings. The van der Waals surface area contributed by atoms with E-state index in [1.54, 1.807) is 23.6 Å². The minimum Gasteiger partial charge on any atom is -0.462 e. The van der Waals surface area contributed by atoms with Gasteiger partial charge in [0.2, 0.25) is 10.0 Å². The fourth-order valence-corrected chi connectivity index (χ4v) is 7.11. The third-order valence-electron chi connectivity index (χ3n) is 7.44. The van der Waals surface area contributed by atoms with Crippen LogP contribution in [0.4, 0.5) is 5.82 Å². The van der Waals surface area contributed by atoms with Gasteiger partial charge in [-0.2, -0.15) is 4.31 Å². The van der Waals surface area contributed by atoms with Gasteiger partial charge in [0.05, 0.1) is 22.5 Å². The van der Waals surface area contributed by atoms with Gasteiger partial charge in [-0.25, -0.2) is 23.2 Å². The second-order valence-electron chi connectivity index (χ2n) is 10.6. The average molecular weight is 598 g/mol. The predicted molar refractivity (Wildman–Crippen MR) is 164 cm³/mol. The van der Waals surface area contributed by atoms with E-state index in [9.17, 15) is 18.0 Å². The maximum Gasteiger partial charge on any atom is 0.344 e. The highest BCUT2D eigenvalue weighted by atomic mass is 32.2. The van der Waals surface area contributed by atoms with Gasteiger partial charge < -0.3 is 10.1 Å². The molecule has 43 heavy (non-hydrogen) atoms. The molecule has 0 unspecified atom stereocenters. The first-order valence-corrected chi connectivity index (χ1v) is 15.6. The van der Waals surface area contributed by atoms with Gasteiger partial charge in [0.1, 0.15) is 16.9 Å². The molecule has 6 rings (SSSR count). The predicted octanol–water partition coefficient (Wildman–Crippen LogP) is 5.40. The van der Waals surface area contributed by atoms with Crippen LogP contribution in [0, 0.1) is 13.8 Å². The zero-order valence-corrected chi connectivity index (χ0v) is 24.9. The van der Waals surface area contributed by atoms with Crippen molar-refractivity contribution in [2.75, 3.05) is 25.0 Å². The fourth-order valence-electron chi connectivity index (χ4n) is 5.55. The number of benzene rings is 3. The Labute approximate surface area is 249 Å². The van der Waals surface area contributed by atoms with E-state index in [-0.39, 0.29) is 34.0 Å². The van der Waals surface area contributed by atoms with E-state index in [4.69, 9.17) is 14.7 Å². The van der Waals surface area contributed by atoms with Crippen molar-refractivity contribution < 1.29 is 22.7 Å². The smallest absolute Gasteiger partial charge is 0.344 e. The molecule has 0 atom stereocenters. The number of anilines is 1. The number of ether oxygens (including phenoxy) is 1. The fraction of sp³-hybridized carbons (Fsp3) is 0.250. The second-order valence-corrected chi connectivity index (χ2v) is 12.5. The molecule has 0 bridgehead atoms. The van der Waals surface area contributed by atoms with Gasteiger partial charge >= 0.3 is 5.97 Å². The Hall–Kier alpha value is -4.61. The summed E-state index contributed by atoms with van der Waals surface area (Å²) in [7, 11) is -3.75. The SMILES string of the molecule is CCOC(=O)c1c(NC(=O)c2cccc(S(=O)(=O)N3CCCC3)c2)n(-c2cc(C)cc(C)c2)c2nc3ccccc3nc12. The molecule has 1 amide bonds. The van der Waals surface area contributed by atoms with Crippen LogP contribution in [-0.2, 0) is 14.8 Å². The van der Waals surface area contributed by atoms with Crippen LogP contribution in [0.3, 0.4) is 0 Å². The Balaban J connectivity index is 1.55. The maximum absolute atomic E-state index is 13.8. The number of para-hydroxylation sites is 2. The molecule has 3 heterocycles. The van der Waals surface area contributed by atoms with Gasteiger partial charge in [0, 0.05) is 24.3 Å². The number of carbonyl (C=O) groups excluding carboxylic acids is 2. The summed E-state index contributed by atoms with van der Waals surface area (Å²) in [6, 6.07) is 19.1. The summed E-state index contributed by atoms with van der Waals surface area (Å²) < 4.78 is 35.0. The van der Waals surface area contributed by atoms with E-state index in [0.717, 1.165) is 24.0 Å². The number of hydrogen-bond donors (Lipinski definition) is 1. The lowest BCUT2D eigenvalue weighted by atomic mass is 10.1. The second kappa shape index (κ2) is 11.2. The molecule has 11 heteroatoms.